The van der Waals surface area contributed by atoms with Crippen LogP contribution < -0.4 is 11.1 Å². The zero-order valence-corrected chi connectivity index (χ0v) is 10.6. The number of hydrogen-bond acceptors (Lipinski definition) is 4. The van der Waals surface area contributed by atoms with Gasteiger partial charge in [-0.2, -0.15) is 0 Å². The highest BCUT2D eigenvalue weighted by molar-refractivity contribution is 5.77. The van der Waals surface area contributed by atoms with Gasteiger partial charge in [-0.3, -0.25) is 4.79 Å². The van der Waals surface area contributed by atoms with Gasteiger partial charge in [0.25, 0.3) is 0 Å². The molecule has 0 aliphatic heterocycles. The fourth-order valence-corrected chi connectivity index (χ4v) is 2.36. The van der Waals surface area contributed by atoms with Crippen molar-refractivity contribution in [1.82, 2.24) is 5.32 Å². The average Bonchev–Trinajstić information content (AvgIpc) is 2.85. The number of rotatable bonds is 5. The number of methoxy groups -OCH3 is 1. The van der Waals surface area contributed by atoms with E-state index in [4.69, 9.17) is 14.9 Å². The van der Waals surface area contributed by atoms with Gasteiger partial charge in [-0.25, -0.2) is 0 Å². The number of aryl methyl sites for hydroxylation is 1. The summed E-state index contributed by atoms with van der Waals surface area (Å²) in [6, 6.07) is 2.01. The first-order chi connectivity index (χ1) is 8.74. The van der Waals surface area contributed by atoms with E-state index in [9.17, 15) is 4.79 Å². The van der Waals surface area contributed by atoms with Crippen LogP contribution in [0.25, 0.3) is 0 Å². The molecule has 0 radical (unpaired) electrons. The smallest absolute Gasteiger partial charge is 0.223 e. The van der Waals surface area contributed by atoms with Crippen LogP contribution in [0, 0.1) is 0 Å². The summed E-state index contributed by atoms with van der Waals surface area (Å²) < 4.78 is 10.5. The number of furan rings is 1. The van der Waals surface area contributed by atoms with E-state index >= 15 is 0 Å². The van der Waals surface area contributed by atoms with Crippen LogP contribution in [-0.4, -0.2) is 25.7 Å². The Kier molecular flexibility index (Phi) is 4.38. The number of amides is 1. The van der Waals surface area contributed by atoms with Gasteiger partial charge in [0.15, 0.2) is 0 Å². The zero-order valence-electron chi connectivity index (χ0n) is 10.6. The molecule has 0 bridgehead atoms. The highest BCUT2D eigenvalue weighted by Gasteiger charge is 2.24. The number of nitrogens with one attached hydrogen (secondary N) is 1. The van der Waals surface area contributed by atoms with Crippen LogP contribution in [0.1, 0.15) is 36.6 Å². The van der Waals surface area contributed by atoms with Gasteiger partial charge in [-0.15, -0.1) is 0 Å². The molecule has 5 nitrogen and oxygen atoms in total. The monoisotopic (exact) mass is 252 g/mol. The topological polar surface area (TPSA) is 77.5 Å². The highest BCUT2D eigenvalue weighted by Crippen LogP contribution is 2.30. The number of fused-ring (bicyclic) bond motifs is 1. The molecular weight excluding hydrogens is 232 g/mol. The molecule has 2 atom stereocenters. The Hall–Kier alpha value is -1.33. The SMILES string of the molecule is COC(CN)CC(=O)NC1CCCc2occc21. The summed E-state index contributed by atoms with van der Waals surface area (Å²) in [6.07, 6.45) is 4.73. The normalized spacial score (nSPS) is 20.2. The highest BCUT2D eigenvalue weighted by atomic mass is 16.5. The number of ether oxygens (including phenoxy) is 1. The summed E-state index contributed by atoms with van der Waals surface area (Å²) in [4.78, 5) is 11.9. The van der Waals surface area contributed by atoms with Crippen molar-refractivity contribution in [3.8, 4) is 0 Å². The summed E-state index contributed by atoms with van der Waals surface area (Å²) in [5, 5.41) is 3.03. The summed E-state index contributed by atoms with van der Waals surface area (Å²) in [5.41, 5.74) is 6.61. The van der Waals surface area contributed by atoms with Gasteiger partial charge in [0.2, 0.25) is 5.91 Å². The molecule has 18 heavy (non-hydrogen) atoms. The van der Waals surface area contributed by atoms with Crippen LogP contribution in [0.4, 0.5) is 0 Å². The standard InChI is InChI=1S/C13H20N2O3/c1-17-9(8-14)7-13(16)15-11-3-2-4-12-10(11)5-6-18-12/h5-6,9,11H,2-4,7-8,14H2,1H3,(H,15,16). The lowest BCUT2D eigenvalue weighted by atomic mass is 9.93. The molecule has 1 aliphatic carbocycles. The van der Waals surface area contributed by atoms with Gasteiger partial charge < -0.3 is 20.2 Å². The molecule has 1 amide bonds. The van der Waals surface area contributed by atoms with E-state index in [0.717, 1.165) is 30.6 Å². The fourth-order valence-electron chi connectivity index (χ4n) is 2.36. The van der Waals surface area contributed by atoms with Crippen molar-refractivity contribution in [1.29, 1.82) is 0 Å². The van der Waals surface area contributed by atoms with Crippen LogP contribution in [0.15, 0.2) is 16.7 Å². The first-order valence-corrected chi connectivity index (χ1v) is 6.33. The second-order valence-electron chi connectivity index (χ2n) is 4.61. The predicted octanol–water partition coefficient (Wildman–Crippen LogP) is 1.14. The van der Waals surface area contributed by atoms with E-state index in [0.29, 0.717) is 13.0 Å². The quantitative estimate of drug-likeness (QED) is 0.823. The van der Waals surface area contributed by atoms with Gasteiger partial charge >= 0.3 is 0 Å². The Morgan fingerprint density at radius 3 is 3.28 bits per heavy atom. The Labute approximate surface area is 107 Å². The van der Waals surface area contributed by atoms with E-state index in [1.54, 1.807) is 13.4 Å². The molecule has 0 aromatic carbocycles. The van der Waals surface area contributed by atoms with Crippen LogP contribution in [0.3, 0.4) is 0 Å². The Morgan fingerprint density at radius 2 is 2.56 bits per heavy atom. The molecular formula is C13H20N2O3. The summed E-state index contributed by atoms with van der Waals surface area (Å²) in [7, 11) is 1.57. The molecule has 2 rings (SSSR count). The Balaban J connectivity index is 1.93. The first-order valence-electron chi connectivity index (χ1n) is 6.33. The third kappa shape index (κ3) is 2.91. The molecule has 1 aromatic heterocycles. The second-order valence-corrected chi connectivity index (χ2v) is 4.61. The molecule has 1 heterocycles. The van der Waals surface area contributed by atoms with Crippen molar-refractivity contribution < 1.29 is 13.9 Å². The van der Waals surface area contributed by atoms with E-state index in [-0.39, 0.29) is 18.1 Å². The van der Waals surface area contributed by atoms with Crippen molar-refractivity contribution in [2.24, 2.45) is 5.73 Å². The maximum atomic E-state index is 11.9. The molecule has 2 unspecified atom stereocenters. The van der Waals surface area contributed by atoms with Gasteiger partial charge in [-0.1, -0.05) is 0 Å². The van der Waals surface area contributed by atoms with Crippen molar-refractivity contribution in [3.63, 3.8) is 0 Å². The minimum Gasteiger partial charge on any atom is -0.469 e. The molecule has 100 valence electrons. The van der Waals surface area contributed by atoms with Gasteiger partial charge in [-0.05, 0) is 18.9 Å². The van der Waals surface area contributed by atoms with Crippen molar-refractivity contribution in [3.05, 3.63) is 23.7 Å². The minimum atomic E-state index is -0.211. The minimum absolute atomic E-state index is 0.0219. The van der Waals surface area contributed by atoms with E-state index < -0.39 is 0 Å². The molecule has 0 fully saturated rings. The zero-order chi connectivity index (χ0) is 13.0. The second kappa shape index (κ2) is 6.02. The lowest BCUT2D eigenvalue weighted by Crippen LogP contribution is -2.35. The third-order valence-corrected chi connectivity index (χ3v) is 3.40. The van der Waals surface area contributed by atoms with Crippen LogP contribution in [-0.2, 0) is 16.0 Å². The summed E-state index contributed by atoms with van der Waals surface area (Å²) in [6.45, 7) is 0.353. The third-order valence-electron chi connectivity index (χ3n) is 3.40. The van der Waals surface area contributed by atoms with E-state index in [1.807, 2.05) is 6.07 Å². The van der Waals surface area contributed by atoms with Crippen LogP contribution >= 0.6 is 0 Å². The lowest BCUT2D eigenvalue weighted by Gasteiger charge is -2.23. The van der Waals surface area contributed by atoms with Gasteiger partial charge in [0.1, 0.15) is 5.76 Å². The van der Waals surface area contributed by atoms with Crippen molar-refractivity contribution in [2.75, 3.05) is 13.7 Å². The summed E-state index contributed by atoms with van der Waals surface area (Å²) in [5.74, 6) is 0.972. The van der Waals surface area contributed by atoms with Crippen LogP contribution in [0.5, 0.6) is 0 Å². The molecule has 0 saturated carbocycles. The maximum Gasteiger partial charge on any atom is 0.223 e. The fraction of sp³-hybridized carbons (Fsp3) is 0.615. The van der Waals surface area contributed by atoms with E-state index in [1.165, 1.54) is 0 Å². The molecule has 0 spiro atoms. The first kappa shape index (κ1) is 13.1. The molecule has 0 saturated heterocycles. The molecule has 1 aromatic rings. The van der Waals surface area contributed by atoms with E-state index in [2.05, 4.69) is 5.32 Å². The van der Waals surface area contributed by atoms with Gasteiger partial charge in [0.05, 0.1) is 24.8 Å². The number of nitrogens with two attached hydrogens (primary N) is 1. The van der Waals surface area contributed by atoms with Crippen LogP contribution in [0.2, 0.25) is 0 Å². The number of hydrogen-bond donors (Lipinski definition) is 2. The maximum absolute atomic E-state index is 11.9. The average molecular weight is 252 g/mol. The number of carbonyl (C=O) groups excluding carboxylic acids is 1. The molecule has 3 N–H and O–H groups in total. The molecule has 5 heteroatoms. The summed E-state index contributed by atoms with van der Waals surface area (Å²) >= 11 is 0. The largest absolute Gasteiger partial charge is 0.469 e. The predicted molar refractivity (Wildman–Crippen MR) is 67.0 cm³/mol. The molecule has 1 aliphatic rings. The van der Waals surface area contributed by atoms with Gasteiger partial charge in [0, 0.05) is 25.6 Å². The number of carbonyl (C=O) groups is 1. The van der Waals surface area contributed by atoms with Crippen molar-refractivity contribution >= 4 is 5.91 Å². The van der Waals surface area contributed by atoms with Crippen molar-refractivity contribution in [2.45, 2.75) is 37.8 Å². The Morgan fingerprint density at radius 1 is 1.72 bits per heavy atom. The Bertz CT molecular complexity index is 399. The lowest BCUT2D eigenvalue weighted by molar-refractivity contribution is -0.124.